The molecule has 4 heterocycles. The third-order valence-electron chi connectivity index (χ3n) is 9.40. The van der Waals surface area contributed by atoms with Crippen LogP contribution in [0.4, 0.5) is 0 Å². The lowest BCUT2D eigenvalue weighted by atomic mass is 9.95. The topological polar surface area (TPSA) is 51.8 Å². The predicted octanol–water partition coefficient (Wildman–Crippen LogP) is 12.5. The van der Waals surface area contributed by atoms with E-state index >= 15 is 0 Å². The highest BCUT2D eigenvalue weighted by molar-refractivity contribution is 7.26. The van der Waals surface area contributed by atoms with Gasteiger partial charge in [0.25, 0.3) is 0 Å². The number of benzene rings is 6. The van der Waals surface area contributed by atoms with Gasteiger partial charge < -0.3 is 4.42 Å². The van der Waals surface area contributed by atoms with Crippen molar-refractivity contribution < 1.29 is 4.42 Å². The zero-order valence-electron chi connectivity index (χ0n) is 26.7. The van der Waals surface area contributed by atoms with Gasteiger partial charge in [0.2, 0.25) is 0 Å². The van der Waals surface area contributed by atoms with Gasteiger partial charge in [-0.2, -0.15) is 0 Å². The number of para-hydroxylation sites is 1. The fourth-order valence-corrected chi connectivity index (χ4v) is 8.24. The normalized spacial score (nSPS) is 11.6. The van der Waals surface area contributed by atoms with E-state index in [-0.39, 0.29) is 0 Å². The fourth-order valence-electron chi connectivity index (χ4n) is 7.01. The highest BCUT2D eigenvalue weighted by Crippen LogP contribution is 2.46. The van der Waals surface area contributed by atoms with Gasteiger partial charge in [0.1, 0.15) is 11.2 Å². The summed E-state index contributed by atoms with van der Waals surface area (Å²) in [7, 11) is 0. The van der Waals surface area contributed by atoms with E-state index in [9.17, 15) is 0 Å². The van der Waals surface area contributed by atoms with Crippen LogP contribution in [0.3, 0.4) is 0 Å². The Hall–Kier alpha value is -6.43. The SMILES string of the molecule is c1ccc(-c2cc(-c3ccc(-c4cccc5c4sc4ccccc45)c4oc5ccccc5c34)nc(-c3ccc(-c4ccccn4)cc3)n2)cc1. The van der Waals surface area contributed by atoms with E-state index in [4.69, 9.17) is 14.4 Å². The lowest BCUT2D eigenvalue weighted by Gasteiger charge is -2.12. The molecule has 0 bridgehead atoms. The zero-order chi connectivity index (χ0) is 33.0. The Morgan fingerprint density at radius 1 is 0.460 bits per heavy atom. The molecule has 10 rings (SSSR count). The van der Waals surface area contributed by atoms with Crippen molar-refractivity contribution in [3.8, 4) is 56.3 Å². The van der Waals surface area contributed by atoms with Gasteiger partial charge in [-0.1, -0.05) is 121 Å². The summed E-state index contributed by atoms with van der Waals surface area (Å²) in [5.41, 5.74) is 10.6. The third-order valence-corrected chi connectivity index (χ3v) is 10.6. The van der Waals surface area contributed by atoms with Gasteiger partial charge in [0.05, 0.1) is 17.1 Å². The monoisotopic (exact) mass is 657 g/mol. The Balaban J connectivity index is 1.20. The Morgan fingerprint density at radius 3 is 2.02 bits per heavy atom. The highest BCUT2D eigenvalue weighted by atomic mass is 32.1. The number of fused-ring (bicyclic) bond motifs is 6. The molecule has 5 heteroatoms. The van der Waals surface area contributed by atoms with Gasteiger partial charge >= 0.3 is 0 Å². The highest BCUT2D eigenvalue weighted by Gasteiger charge is 2.21. The number of rotatable bonds is 5. The first-order valence-electron chi connectivity index (χ1n) is 16.6. The molecule has 0 spiro atoms. The number of aromatic nitrogens is 3. The molecule has 0 aliphatic rings. The molecule has 0 radical (unpaired) electrons. The van der Waals surface area contributed by atoms with E-state index in [1.807, 2.05) is 66.1 Å². The fraction of sp³-hybridized carbons (Fsp3) is 0. The average molecular weight is 658 g/mol. The van der Waals surface area contributed by atoms with Gasteiger partial charge in [0.15, 0.2) is 5.82 Å². The largest absolute Gasteiger partial charge is 0.455 e. The summed E-state index contributed by atoms with van der Waals surface area (Å²) < 4.78 is 9.30. The van der Waals surface area contributed by atoms with Crippen LogP contribution in [0.5, 0.6) is 0 Å². The first-order chi connectivity index (χ1) is 24.8. The molecule has 0 aliphatic carbocycles. The molecule has 4 nitrogen and oxygen atoms in total. The van der Waals surface area contributed by atoms with Crippen molar-refractivity contribution in [2.75, 3.05) is 0 Å². The zero-order valence-corrected chi connectivity index (χ0v) is 27.6. The van der Waals surface area contributed by atoms with Crippen LogP contribution >= 0.6 is 11.3 Å². The van der Waals surface area contributed by atoms with E-state index in [1.54, 1.807) is 0 Å². The predicted molar refractivity (Wildman–Crippen MR) is 207 cm³/mol. The summed E-state index contributed by atoms with van der Waals surface area (Å²) in [6, 6.07) is 54.6. The third kappa shape index (κ3) is 4.71. The average Bonchev–Trinajstić information content (AvgIpc) is 3.78. The summed E-state index contributed by atoms with van der Waals surface area (Å²) in [5.74, 6) is 0.661. The van der Waals surface area contributed by atoms with Gasteiger partial charge in [0, 0.05) is 70.5 Å². The van der Waals surface area contributed by atoms with E-state index in [0.717, 1.165) is 66.8 Å². The second-order valence-corrected chi connectivity index (χ2v) is 13.4. The van der Waals surface area contributed by atoms with Crippen LogP contribution in [-0.4, -0.2) is 15.0 Å². The van der Waals surface area contributed by atoms with Gasteiger partial charge in [-0.3, -0.25) is 4.98 Å². The molecule has 0 aliphatic heterocycles. The van der Waals surface area contributed by atoms with Crippen LogP contribution in [0.25, 0.3) is 98.4 Å². The number of nitrogens with zero attached hydrogens (tertiary/aromatic N) is 3. The van der Waals surface area contributed by atoms with Gasteiger partial charge in [-0.15, -0.1) is 11.3 Å². The molecule has 0 atom stereocenters. The molecule has 0 saturated heterocycles. The van der Waals surface area contributed by atoms with Crippen molar-refractivity contribution in [1.29, 1.82) is 0 Å². The second kappa shape index (κ2) is 11.6. The maximum Gasteiger partial charge on any atom is 0.160 e. The Kier molecular flexibility index (Phi) is 6.64. The van der Waals surface area contributed by atoms with Crippen molar-refractivity contribution in [3.05, 3.63) is 164 Å². The van der Waals surface area contributed by atoms with Crippen LogP contribution in [0.15, 0.2) is 168 Å². The van der Waals surface area contributed by atoms with Gasteiger partial charge in [-0.05, 0) is 36.4 Å². The lowest BCUT2D eigenvalue weighted by Crippen LogP contribution is -1.96. The van der Waals surface area contributed by atoms with Crippen LogP contribution < -0.4 is 0 Å². The molecular weight excluding hydrogens is 631 g/mol. The number of furan rings is 1. The van der Waals surface area contributed by atoms with E-state index in [1.165, 1.54) is 25.7 Å². The maximum atomic E-state index is 6.76. The first-order valence-corrected chi connectivity index (χ1v) is 17.4. The van der Waals surface area contributed by atoms with Crippen molar-refractivity contribution in [2.24, 2.45) is 0 Å². The van der Waals surface area contributed by atoms with E-state index in [0.29, 0.717) is 5.82 Å². The number of hydrogen-bond donors (Lipinski definition) is 0. The molecule has 0 fully saturated rings. The molecule has 10 aromatic rings. The summed E-state index contributed by atoms with van der Waals surface area (Å²) in [6.45, 7) is 0. The minimum atomic E-state index is 0.661. The molecule has 50 heavy (non-hydrogen) atoms. The number of pyridine rings is 1. The standard InChI is InChI=1S/C45H27N3OS/c1-2-11-28(12-3-1)38-27-39(48-45(47-38)30-22-20-29(21-23-30)37-17-8-9-26-46-37)35-25-24-32(43-42(35)36-14-4-6-18-40(36)49-43)34-16-10-15-33-31-13-5-7-19-41(31)50-44(33)34/h1-27H. The molecular formula is C45H27N3OS. The molecule has 0 N–H and O–H groups in total. The Labute approximate surface area is 292 Å². The van der Waals surface area contributed by atoms with Crippen LogP contribution in [0, 0.1) is 0 Å². The smallest absolute Gasteiger partial charge is 0.160 e. The van der Waals surface area contributed by atoms with Gasteiger partial charge in [-0.25, -0.2) is 9.97 Å². The minimum Gasteiger partial charge on any atom is -0.455 e. The van der Waals surface area contributed by atoms with Crippen molar-refractivity contribution in [2.45, 2.75) is 0 Å². The Morgan fingerprint density at radius 2 is 1.16 bits per heavy atom. The number of thiophene rings is 1. The molecule has 4 aromatic heterocycles. The summed E-state index contributed by atoms with van der Waals surface area (Å²) in [5, 5.41) is 4.65. The minimum absolute atomic E-state index is 0.661. The lowest BCUT2D eigenvalue weighted by molar-refractivity contribution is 0.670. The van der Waals surface area contributed by atoms with E-state index in [2.05, 4.69) is 114 Å². The first kappa shape index (κ1) is 28.6. The maximum absolute atomic E-state index is 6.76. The quantitative estimate of drug-likeness (QED) is 0.185. The molecule has 0 unspecified atom stereocenters. The molecule has 0 saturated carbocycles. The summed E-state index contributed by atoms with van der Waals surface area (Å²) in [6.07, 6.45) is 1.82. The van der Waals surface area contributed by atoms with Crippen LogP contribution in [0.2, 0.25) is 0 Å². The summed E-state index contributed by atoms with van der Waals surface area (Å²) >= 11 is 1.83. The second-order valence-electron chi connectivity index (χ2n) is 12.4. The summed E-state index contributed by atoms with van der Waals surface area (Å²) in [4.78, 5) is 14.9. The molecule has 234 valence electrons. The van der Waals surface area contributed by atoms with Crippen molar-refractivity contribution in [3.63, 3.8) is 0 Å². The Bertz CT molecular complexity index is 2860. The molecule has 6 aromatic carbocycles. The van der Waals surface area contributed by atoms with Crippen LogP contribution in [-0.2, 0) is 0 Å². The van der Waals surface area contributed by atoms with Crippen molar-refractivity contribution >= 4 is 53.4 Å². The number of hydrogen-bond acceptors (Lipinski definition) is 5. The van der Waals surface area contributed by atoms with Crippen molar-refractivity contribution in [1.82, 2.24) is 15.0 Å². The van der Waals surface area contributed by atoms with Crippen LogP contribution in [0.1, 0.15) is 0 Å². The molecule has 0 amide bonds. The van der Waals surface area contributed by atoms with E-state index < -0.39 is 0 Å².